The van der Waals surface area contributed by atoms with Gasteiger partial charge in [-0.25, -0.2) is 4.90 Å². The van der Waals surface area contributed by atoms with Gasteiger partial charge in [0.25, 0.3) is 11.8 Å². The lowest BCUT2D eigenvalue weighted by molar-refractivity contribution is -0.120. The summed E-state index contributed by atoms with van der Waals surface area (Å²) in [6, 6.07) is 11.1. The van der Waals surface area contributed by atoms with E-state index in [-0.39, 0.29) is 10.2 Å². The maximum absolute atomic E-state index is 12.7. The van der Waals surface area contributed by atoms with Gasteiger partial charge in [-0.1, -0.05) is 36.1 Å². The fourth-order valence-corrected chi connectivity index (χ4v) is 4.04. The Kier molecular flexibility index (Phi) is 6.03. The molecule has 0 bridgehead atoms. The van der Waals surface area contributed by atoms with Crippen molar-refractivity contribution >= 4 is 51.9 Å². The Bertz CT molecular complexity index is 891. The molecular formula is C20H19N3O2S2. The molecule has 2 heterocycles. The first-order chi connectivity index (χ1) is 13.0. The molecule has 1 fully saturated rings. The minimum absolute atomic E-state index is 0.243. The van der Waals surface area contributed by atoms with Gasteiger partial charge in [-0.2, -0.15) is 0 Å². The number of rotatable bonds is 5. The lowest BCUT2D eigenvalue weighted by Crippen LogP contribution is -2.34. The predicted molar refractivity (Wildman–Crippen MR) is 114 cm³/mol. The number of hydrogen-bond donors (Lipinski definition) is 0. The maximum Gasteiger partial charge on any atom is 0.273 e. The van der Waals surface area contributed by atoms with Gasteiger partial charge in [0.15, 0.2) is 4.32 Å². The number of thiocarbonyl (C=S) groups is 1. The van der Waals surface area contributed by atoms with Crippen LogP contribution in [0.15, 0.2) is 53.7 Å². The third-order valence-corrected chi connectivity index (χ3v) is 5.55. The average molecular weight is 398 g/mol. The van der Waals surface area contributed by atoms with E-state index >= 15 is 0 Å². The number of carbonyl (C=O) groups excluding carboxylic acids is 2. The average Bonchev–Trinajstić information content (AvgIpc) is 2.97. The summed E-state index contributed by atoms with van der Waals surface area (Å²) in [6.45, 7) is 6.10. The first-order valence-corrected chi connectivity index (χ1v) is 9.85. The van der Waals surface area contributed by atoms with Crippen LogP contribution in [0.5, 0.6) is 0 Å². The molecule has 5 nitrogen and oxygen atoms in total. The van der Waals surface area contributed by atoms with E-state index in [1.54, 1.807) is 18.2 Å². The standard InChI is InChI=1S/C20H19N3O2S2/c1-3-22(4-2)16-7-5-14(6-8-16)13-17-19(25)23(20(26)27-17)18(24)15-9-11-21-12-10-15/h5-13H,3-4H2,1-2H3. The Morgan fingerprint density at radius 2 is 1.78 bits per heavy atom. The van der Waals surface area contributed by atoms with E-state index < -0.39 is 5.91 Å². The monoisotopic (exact) mass is 397 g/mol. The van der Waals surface area contributed by atoms with Crippen LogP contribution in [0.4, 0.5) is 5.69 Å². The molecule has 1 aliphatic rings. The fourth-order valence-electron chi connectivity index (χ4n) is 2.79. The van der Waals surface area contributed by atoms with Crippen molar-refractivity contribution in [2.45, 2.75) is 13.8 Å². The highest BCUT2D eigenvalue weighted by Gasteiger charge is 2.37. The van der Waals surface area contributed by atoms with Crippen molar-refractivity contribution in [2.75, 3.05) is 18.0 Å². The molecule has 3 rings (SSSR count). The highest BCUT2D eigenvalue weighted by Crippen LogP contribution is 2.33. The van der Waals surface area contributed by atoms with Crippen molar-refractivity contribution in [1.82, 2.24) is 9.88 Å². The molecule has 0 saturated carbocycles. The topological polar surface area (TPSA) is 53.5 Å². The van der Waals surface area contributed by atoms with Crippen molar-refractivity contribution in [1.29, 1.82) is 0 Å². The second-order valence-corrected chi connectivity index (χ2v) is 7.50. The lowest BCUT2D eigenvalue weighted by atomic mass is 10.1. The summed E-state index contributed by atoms with van der Waals surface area (Å²) in [5.41, 5.74) is 2.41. The largest absolute Gasteiger partial charge is 0.372 e. The van der Waals surface area contributed by atoms with E-state index in [9.17, 15) is 9.59 Å². The number of amides is 2. The highest BCUT2D eigenvalue weighted by molar-refractivity contribution is 8.26. The number of aromatic nitrogens is 1. The molecule has 138 valence electrons. The third kappa shape index (κ3) is 4.09. The molecule has 7 heteroatoms. The second kappa shape index (κ2) is 8.45. The molecule has 1 aromatic heterocycles. The smallest absolute Gasteiger partial charge is 0.273 e. The second-order valence-electron chi connectivity index (χ2n) is 5.82. The zero-order valence-corrected chi connectivity index (χ0v) is 16.7. The van der Waals surface area contributed by atoms with Crippen LogP contribution in [0.3, 0.4) is 0 Å². The van der Waals surface area contributed by atoms with Gasteiger partial charge >= 0.3 is 0 Å². The summed E-state index contributed by atoms with van der Waals surface area (Å²) >= 11 is 6.40. The number of benzene rings is 1. The van der Waals surface area contributed by atoms with E-state index in [1.807, 2.05) is 24.3 Å². The summed E-state index contributed by atoms with van der Waals surface area (Å²) in [5, 5.41) is 0. The number of thioether (sulfide) groups is 1. The van der Waals surface area contributed by atoms with Crippen LogP contribution in [0.25, 0.3) is 6.08 Å². The molecule has 0 aliphatic carbocycles. The van der Waals surface area contributed by atoms with E-state index in [1.165, 1.54) is 12.4 Å². The normalized spacial score (nSPS) is 15.5. The van der Waals surface area contributed by atoms with Crippen LogP contribution in [0.1, 0.15) is 29.8 Å². The summed E-state index contributed by atoms with van der Waals surface area (Å²) in [7, 11) is 0. The van der Waals surface area contributed by atoms with Gasteiger partial charge < -0.3 is 4.90 Å². The van der Waals surface area contributed by atoms with Crippen LogP contribution in [-0.4, -0.2) is 39.1 Å². The molecular weight excluding hydrogens is 378 g/mol. The Labute approximate surface area is 168 Å². The minimum atomic E-state index is -0.430. The fraction of sp³-hybridized carbons (Fsp3) is 0.200. The molecule has 27 heavy (non-hydrogen) atoms. The summed E-state index contributed by atoms with van der Waals surface area (Å²) in [6.07, 6.45) is 4.79. The quantitative estimate of drug-likeness (QED) is 0.432. The van der Waals surface area contributed by atoms with E-state index in [0.717, 1.165) is 41.0 Å². The Balaban J connectivity index is 1.81. The molecule has 0 spiro atoms. The van der Waals surface area contributed by atoms with Crippen LogP contribution in [-0.2, 0) is 4.79 Å². The molecule has 2 aromatic rings. The van der Waals surface area contributed by atoms with Crippen LogP contribution < -0.4 is 4.90 Å². The van der Waals surface area contributed by atoms with Crippen molar-refractivity contribution < 1.29 is 9.59 Å². The molecule has 1 saturated heterocycles. The summed E-state index contributed by atoms with van der Waals surface area (Å²) in [5.74, 6) is -0.820. The Hall–Kier alpha value is -2.51. The maximum atomic E-state index is 12.7. The van der Waals surface area contributed by atoms with E-state index in [0.29, 0.717) is 10.5 Å². The van der Waals surface area contributed by atoms with Crippen LogP contribution in [0.2, 0.25) is 0 Å². The lowest BCUT2D eigenvalue weighted by Gasteiger charge is -2.20. The van der Waals surface area contributed by atoms with E-state index in [4.69, 9.17) is 12.2 Å². The molecule has 1 aromatic carbocycles. The van der Waals surface area contributed by atoms with Crippen LogP contribution in [0, 0.1) is 0 Å². The molecule has 0 N–H and O–H groups in total. The molecule has 0 atom stereocenters. The number of anilines is 1. The number of nitrogens with zero attached hydrogens (tertiary/aromatic N) is 3. The molecule has 2 amide bonds. The minimum Gasteiger partial charge on any atom is -0.372 e. The number of hydrogen-bond acceptors (Lipinski definition) is 6. The van der Waals surface area contributed by atoms with Gasteiger partial charge in [-0.15, -0.1) is 0 Å². The van der Waals surface area contributed by atoms with Gasteiger partial charge in [0.05, 0.1) is 4.91 Å². The molecule has 1 aliphatic heterocycles. The Morgan fingerprint density at radius 3 is 2.37 bits per heavy atom. The zero-order chi connectivity index (χ0) is 19.4. The van der Waals surface area contributed by atoms with Gasteiger partial charge in [0, 0.05) is 36.7 Å². The van der Waals surface area contributed by atoms with Gasteiger partial charge in [-0.05, 0) is 49.8 Å². The number of pyridine rings is 1. The van der Waals surface area contributed by atoms with Crippen molar-refractivity contribution in [2.24, 2.45) is 0 Å². The zero-order valence-electron chi connectivity index (χ0n) is 15.1. The van der Waals surface area contributed by atoms with Gasteiger partial charge in [0.2, 0.25) is 0 Å². The Morgan fingerprint density at radius 1 is 1.15 bits per heavy atom. The van der Waals surface area contributed by atoms with Crippen LogP contribution >= 0.6 is 24.0 Å². The SMILES string of the molecule is CCN(CC)c1ccc(C=C2SC(=S)N(C(=O)c3ccncc3)C2=O)cc1. The first kappa shape index (κ1) is 19.3. The van der Waals surface area contributed by atoms with Gasteiger partial charge in [0.1, 0.15) is 0 Å². The van der Waals surface area contributed by atoms with Gasteiger partial charge in [-0.3, -0.25) is 14.6 Å². The van der Waals surface area contributed by atoms with Crippen molar-refractivity contribution in [3.8, 4) is 0 Å². The molecule has 0 radical (unpaired) electrons. The summed E-state index contributed by atoms with van der Waals surface area (Å²) < 4.78 is 0.243. The van der Waals surface area contributed by atoms with Crippen molar-refractivity contribution in [3.05, 3.63) is 64.8 Å². The highest BCUT2D eigenvalue weighted by atomic mass is 32.2. The third-order valence-electron chi connectivity index (χ3n) is 4.24. The van der Waals surface area contributed by atoms with Crippen molar-refractivity contribution in [3.63, 3.8) is 0 Å². The summed E-state index contributed by atoms with van der Waals surface area (Å²) in [4.78, 5) is 32.9. The van der Waals surface area contributed by atoms with E-state index in [2.05, 4.69) is 23.7 Å². The number of carbonyl (C=O) groups is 2. The predicted octanol–water partition coefficient (Wildman–Crippen LogP) is 3.97. The molecule has 0 unspecified atom stereocenters. The number of imide groups is 1. The first-order valence-electron chi connectivity index (χ1n) is 8.62.